The highest BCUT2D eigenvalue weighted by Gasteiger charge is 2.21. The van der Waals surface area contributed by atoms with E-state index in [4.69, 9.17) is 0 Å². The van der Waals surface area contributed by atoms with Crippen molar-refractivity contribution in [2.75, 3.05) is 19.6 Å². The first kappa shape index (κ1) is 15.4. The lowest BCUT2D eigenvalue weighted by Gasteiger charge is -2.29. The van der Waals surface area contributed by atoms with Crippen LogP contribution in [0.1, 0.15) is 41.5 Å². The molecule has 16 heavy (non-hydrogen) atoms. The molecule has 96 valence electrons. The fraction of sp³-hybridized carbons (Fsp3) is 0.923. The molecule has 0 heterocycles. The Kier molecular flexibility index (Phi) is 6.65. The first-order chi connectivity index (χ1) is 7.25. The lowest BCUT2D eigenvalue weighted by molar-refractivity contribution is -0.120. The Balaban J connectivity index is 3.70. The van der Waals surface area contributed by atoms with E-state index in [9.17, 15) is 4.79 Å². The molecule has 0 aliphatic heterocycles. The number of carbonyl (C=O) groups excluding carboxylic acids is 1. The fourth-order valence-corrected chi connectivity index (χ4v) is 1.08. The third-order valence-electron chi connectivity index (χ3n) is 3.14. The Morgan fingerprint density at radius 2 is 1.75 bits per heavy atom. The van der Waals surface area contributed by atoms with Crippen LogP contribution in [-0.4, -0.2) is 25.5 Å². The maximum atomic E-state index is 11.4. The molecule has 3 heteroatoms. The van der Waals surface area contributed by atoms with E-state index in [0.29, 0.717) is 18.4 Å². The molecule has 2 N–H and O–H groups in total. The summed E-state index contributed by atoms with van der Waals surface area (Å²) >= 11 is 0. The predicted octanol–water partition coefficient (Wildman–Crippen LogP) is 2.03. The van der Waals surface area contributed by atoms with Crippen LogP contribution in [0, 0.1) is 17.3 Å². The van der Waals surface area contributed by atoms with Crippen LogP contribution in [0.4, 0.5) is 0 Å². The molecule has 0 aromatic carbocycles. The Hall–Kier alpha value is -0.570. The van der Waals surface area contributed by atoms with Gasteiger partial charge in [-0.3, -0.25) is 4.79 Å². The Bertz CT molecular complexity index is 210. The monoisotopic (exact) mass is 228 g/mol. The van der Waals surface area contributed by atoms with Gasteiger partial charge in [0.15, 0.2) is 0 Å². The molecule has 0 saturated carbocycles. The SMILES string of the molecule is CC(C)CNC(=O)CNCC(C)(C)C(C)C. The fourth-order valence-electron chi connectivity index (χ4n) is 1.08. The van der Waals surface area contributed by atoms with Crippen LogP contribution in [0.15, 0.2) is 0 Å². The molecular formula is C13H28N2O. The Morgan fingerprint density at radius 1 is 1.19 bits per heavy atom. The average molecular weight is 228 g/mol. The van der Waals surface area contributed by atoms with Crippen molar-refractivity contribution < 1.29 is 4.79 Å². The molecule has 0 fully saturated rings. The normalized spacial score (nSPS) is 12.2. The molecule has 0 aromatic rings. The first-order valence-electron chi connectivity index (χ1n) is 6.23. The van der Waals surface area contributed by atoms with Gasteiger partial charge in [0.05, 0.1) is 6.54 Å². The van der Waals surface area contributed by atoms with Crippen molar-refractivity contribution in [1.82, 2.24) is 10.6 Å². The average Bonchev–Trinajstić information content (AvgIpc) is 2.14. The van der Waals surface area contributed by atoms with Gasteiger partial charge in [-0.1, -0.05) is 41.5 Å². The lowest BCUT2D eigenvalue weighted by atomic mass is 9.81. The van der Waals surface area contributed by atoms with E-state index in [1.165, 1.54) is 0 Å². The molecule has 3 nitrogen and oxygen atoms in total. The minimum absolute atomic E-state index is 0.0910. The molecule has 0 radical (unpaired) electrons. The minimum atomic E-state index is 0.0910. The molecule has 0 aliphatic rings. The van der Waals surface area contributed by atoms with Crippen molar-refractivity contribution in [3.63, 3.8) is 0 Å². The van der Waals surface area contributed by atoms with E-state index in [1.807, 2.05) is 0 Å². The van der Waals surface area contributed by atoms with Crippen LogP contribution < -0.4 is 10.6 Å². The van der Waals surface area contributed by atoms with Gasteiger partial charge in [0, 0.05) is 13.1 Å². The van der Waals surface area contributed by atoms with Crippen LogP contribution >= 0.6 is 0 Å². The van der Waals surface area contributed by atoms with E-state index in [0.717, 1.165) is 13.1 Å². The van der Waals surface area contributed by atoms with Gasteiger partial charge in [0.1, 0.15) is 0 Å². The van der Waals surface area contributed by atoms with E-state index in [2.05, 4.69) is 52.2 Å². The third kappa shape index (κ3) is 6.83. The highest BCUT2D eigenvalue weighted by Crippen LogP contribution is 2.24. The summed E-state index contributed by atoms with van der Waals surface area (Å²) in [5.41, 5.74) is 0.234. The van der Waals surface area contributed by atoms with Crippen molar-refractivity contribution in [3.05, 3.63) is 0 Å². The van der Waals surface area contributed by atoms with E-state index in [-0.39, 0.29) is 11.3 Å². The number of amides is 1. The second-order valence-electron chi connectivity index (χ2n) is 5.94. The highest BCUT2D eigenvalue weighted by atomic mass is 16.1. The van der Waals surface area contributed by atoms with E-state index in [1.54, 1.807) is 0 Å². The quantitative estimate of drug-likeness (QED) is 0.700. The maximum absolute atomic E-state index is 11.4. The number of hydrogen-bond donors (Lipinski definition) is 2. The van der Waals surface area contributed by atoms with Crippen LogP contribution in [-0.2, 0) is 4.79 Å². The minimum Gasteiger partial charge on any atom is -0.355 e. The second-order valence-corrected chi connectivity index (χ2v) is 5.94. The van der Waals surface area contributed by atoms with Gasteiger partial charge in [0.25, 0.3) is 0 Å². The molecule has 0 rings (SSSR count). The zero-order valence-corrected chi connectivity index (χ0v) is 11.7. The summed E-state index contributed by atoms with van der Waals surface area (Å²) in [7, 11) is 0. The Labute approximate surface area is 100 Å². The summed E-state index contributed by atoms with van der Waals surface area (Å²) < 4.78 is 0. The molecule has 0 atom stereocenters. The van der Waals surface area contributed by atoms with Crippen molar-refractivity contribution >= 4 is 5.91 Å². The second kappa shape index (κ2) is 6.89. The molecule has 0 spiro atoms. The lowest BCUT2D eigenvalue weighted by Crippen LogP contribution is -2.40. The molecule has 0 bridgehead atoms. The van der Waals surface area contributed by atoms with Crippen LogP contribution in [0.3, 0.4) is 0 Å². The predicted molar refractivity (Wildman–Crippen MR) is 69.3 cm³/mol. The summed E-state index contributed by atoms with van der Waals surface area (Å²) in [5, 5.41) is 6.11. The topological polar surface area (TPSA) is 41.1 Å². The summed E-state index contributed by atoms with van der Waals surface area (Å²) in [6, 6.07) is 0. The maximum Gasteiger partial charge on any atom is 0.233 e. The third-order valence-corrected chi connectivity index (χ3v) is 3.14. The van der Waals surface area contributed by atoms with Crippen LogP contribution in [0.5, 0.6) is 0 Å². The van der Waals surface area contributed by atoms with Gasteiger partial charge in [0.2, 0.25) is 5.91 Å². The van der Waals surface area contributed by atoms with E-state index < -0.39 is 0 Å². The Morgan fingerprint density at radius 3 is 2.19 bits per heavy atom. The smallest absolute Gasteiger partial charge is 0.233 e. The summed E-state index contributed by atoms with van der Waals surface area (Å²) in [5.74, 6) is 1.21. The highest BCUT2D eigenvalue weighted by molar-refractivity contribution is 5.77. The van der Waals surface area contributed by atoms with Crippen molar-refractivity contribution in [2.24, 2.45) is 17.3 Å². The summed E-state index contributed by atoms with van der Waals surface area (Å²) in [6.45, 7) is 15.1. The van der Waals surface area contributed by atoms with Crippen LogP contribution in [0.25, 0.3) is 0 Å². The number of hydrogen-bond acceptors (Lipinski definition) is 2. The van der Waals surface area contributed by atoms with Crippen molar-refractivity contribution in [1.29, 1.82) is 0 Å². The van der Waals surface area contributed by atoms with Gasteiger partial charge in [-0.2, -0.15) is 0 Å². The molecule has 0 aromatic heterocycles. The van der Waals surface area contributed by atoms with Gasteiger partial charge in [-0.05, 0) is 17.3 Å². The molecule has 0 aliphatic carbocycles. The summed E-state index contributed by atoms with van der Waals surface area (Å²) in [4.78, 5) is 11.4. The van der Waals surface area contributed by atoms with Crippen molar-refractivity contribution in [2.45, 2.75) is 41.5 Å². The van der Waals surface area contributed by atoms with Crippen LogP contribution in [0.2, 0.25) is 0 Å². The number of rotatable bonds is 7. The van der Waals surface area contributed by atoms with E-state index >= 15 is 0 Å². The van der Waals surface area contributed by atoms with Crippen molar-refractivity contribution in [3.8, 4) is 0 Å². The number of nitrogens with one attached hydrogen (secondary N) is 2. The van der Waals surface area contributed by atoms with Gasteiger partial charge in [-0.25, -0.2) is 0 Å². The number of carbonyl (C=O) groups is 1. The first-order valence-corrected chi connectivity index (χ1v) is 6.23. The molecule has 0 unspecified atom stereocenters. The largest absolute Gasteiger partial charge is 0.355 e. The molecular weight excluding hydrogens is 200 g/mol. The van der Waals surface area contributed by atoms with Gasteiger partial charge < -0.3 is 10.6 Å². The standard InChI is InChI=1S/C13H28N2O/c1-10(2)7-15-12(16)8-14-9-13(5,6)11(3)4/h10-11,14H,7-9H2,1-6H3,(H,15,16). The zero-order chi connectivity index (χ0) is 12.8. The molecule has 0 saturated heterocycles. The zero-order valence-electron chi connectivity index (χ0n) is 11.7. The van der Waals surface area contributed by atoms with Gasteiger partial charge >= 0.3 is 0 Å². The summed E-state index contributed by atoms with van der Waals surface area (Å²) in [6.07, 6.45) is 0. The molecule has 1 amide bonds. The van der Waals surface area contributed by atoms with Gasteiger partial charge in [-0.15, -0.1) is 0 Å².